The van der Waals surface area contributed by atoms with E-state index in [9.17, 15) is 19.3 Å². The summed E-state index contributed by atoms with van der Waals surface area (Å²) in [5.74, 6) is -1.40. The van der Waals surface area contributed by atoms with Gasteiger partial charge in [0.25, 0.3) is 11.6 Å². The highest BCUT2D eigenvalue weighted by Crippen LogP contribution is 2.27. The number of carbonyl (C=O) groups excluding carboxylic acids is 1. The number of non-ortho nitro benzene ring substituents is 1. The summed E-state index contributed by atoms with van der Waals surface area (Å²) in [7, 11) is 0. The number of benzene rings is 2. The average molecular weight is 314 g/mol. The molecule has 2 aromatic carbocycles. The van der Waals surface area contributed by atoms with Crippen LogP contribution in [-0.2, 0) is 0 Å². The summed E-state index contributed by atoms with van der Waals surface area (Å²) in [5, 5.41) is 13.8. The van der Waals surface area contributed by atoms with Crippen LogP contribution in [0.2, 0.25) is 0 Å². The number of para-hydroxylation sites is 1. The molecule has 116 valence electrons. The van der Waals surface area contributed by atoms with Crippen molar-refractivity contribution in [1.29, 1.82) is 0 Å². The molecule has 0 radical (unpaired) electrons. The van der Waals surface area contributed by atoms with E-state index in [2.05, 4.69) is 5.32 Å². The molecule has 0 saturated heterocycles. The third-order valence-electron chi connectivity index (χ3n) is 3.46. The van der Waals surface area contributed by atoms with Gasteiger partial charge in [-0.3, -0.25) is 14.9 Å². The number of nitro groups is 1. The molecule has 0 unspecified atom stereocenters. The molecule has 0 aliphatic carbocycles. The van der Waals surface area contributed by atoms with Crippen LogP contribution in [0.1, 0.15) is 16.1 Å². The van der Waals surface area contributed by atoms with Crippen molar-refractivity contribution in [1.82, 2.24) is 0 Å². The fourth-order valence-electron chi connectivity index (χ4n) is 2.29. The highest BCUT2D eigenvalue weighted by atomic mass is 19.1. The predicted molar refractivity (Wildman–Crippen MR) is 82.0 cm³/mol. The fraction of sp³-hybridized carbons (Fsp3) is 0.0625. The van der Waals surface area contributed by atoms with Crippen molar-refractivity contribution in [3.05, 3.63) is 69.7 Å². The first kappa shape index (κ1) is 14.7. The number of aryl methyl sites for hydroxylation is 1. The fourth-order valence-corrected chi connectivity index (χ4v) is 2.29. The van der Waals surface area contributed by atoms with Crippen LogP contribution in [0.15, 0.2) is 46.9 Å². The minimum atomic E-state index is -0.766. The molecular formula is C16H11FN2O4. The zero-order valence-electron chi connectivity index (χ0n) is 12.0. The molecule has 1 heterocycles. The van der Waals surface area contributed by atoms with E-state index >= 15 is 0 Å². The van der Waals surface area contributed by atoms with Gasteiger partial charge in [-0.1, -0.05) is 18.2 Å². The summed E-state index contributed by atoms with van der Waals surface area (Å²) in [4.78, 5) is 22.4. The summed E-state index contributed by atoms with van der Waals surface area (Å²) in [6, 6.07) is 10.0. The third-order valence-corrected chi connectivity index (χ3v) is 3.46. The molecule has 1 amide bonds. The van der Waals surface area contributed by atoms with Crippen molar-refractivity contribution in [2.24, 2.45) is 0 Å². The van der Waals surface area contributed by atoms with Crippen molar-refractivity contribution in [3.63, 3.8) is 0 Å². The zero-order chi connectivity index (χ0) is 16.6. The number of nitro benzene ring substituents is 1. The molecule has 0 spiro atoms. The van der Waals surface area contributed by atoms with E-state index in [1.165, 1.54) is 0 Å². The van der Waals surface area contributed by atoms with Gasteiger partial charge in [0.05, 0.1) is 10.6 Å². The predicted octanol–water partition coefficient (Wildman–Crippen LogP) is 4.04. The highest BCUT2D eigenvalue weighted by molar-refractivity contribution is 6.06. The Hall–Kier alpha value is -3.22. The standard InChI is InChI=1S/C16H11FN2O4/c1-9-11-4-2-3-5-14(11)23-15(9)16(20)18-13-8-10(19(21)22)6-7-12(13)17/h2-8H,1H3,(H,18,20). The molecule has 0 aliphatic rings. The maximum Gasteiger partial charge on any atom is 0.291 e. The lowest BCUT2D eigenvalue weighted by Crippen LogP contribution is -2.13. The van der Waals surface area contributed by atoms with Gasteiger partial charge in [0.15, 0.2) is 5.76 Å². The molecule has 0 aliphatic heterocycles. The topological polar surface area (TPSA) is 85.4 Å². The molecule has 0 fully saturated rings. The third kappa shape index (κ3) is 2.64. The lowest BCUT2D eigenvalue weighted by molar-refractivity contribution is -0.384. The van der Waals surface area contributed by atoms with E-state index in [4.69, 9.17) is 4.42 Å². The number of carbonyl (C=O) groups is 1. The van der Waals surface area contributed by atoms with Gasteiger partial charge in [-0.05, 0) is 19.1 Å². The normalized spacial score (nSPS) is 10.7. The lowest BCUT2D eigenvalue weighted by Gasteiger charge is -2.05. The number of halogens is 1. The first-order chi connectivity index (χ1) is 11.0. The van der Waals surface area contributed by atoms with E-state index in [1.807, 2.05) is 6.07 Å². The monoisotopic (exact) mass is 314 g/mol. The van der Waals surface area contributed by atoms with E-state index < -0.39 is 16.6 Å². The Kier molecular flexibility index (Phi) is 3.53. The number of nitrogens with one attached hydrogen (secondary N) is 1. The summed E-state index contributed by atoms with van der Waals surface area (Å²) in [6.45, 7) is 1.71. The van der Waals surface area contributed by atoms with Crippen LogP contribution in [0.25, 0.3) is 11.0 Å². The average Bonchev–Trinajstić information content (AvgIpc) is 2.87. The van der Waals surface area contributed by atoms with Gasteiger partial charge in [-0.2, -0.15) is 0 Å². The second kappa shape index (κ2) is 5.53. The summed E-state index contributed by atoms with van der Waals surface area (Å²) in [5.41, 5.74) is 0.561. The van der Waals surface area contributed by atoms with Crippen LogP contribution in [0.4, 0.5) is 15.8 Å². The Balaban J connectivity index is 1.96. The second-order valence-electron chi connectivity index (χ2n) is 4.93. The molecule has 6 nitrogen and oxygen atoms in total. The molecule has 0 saturated carbocycles. The Morgan fingerprint density at radius 2 is 2.00 bits per heavy atom. The maximum absolute atomic E-state index is 13.7. The number of anilines is 1. The van der Waals surface area contributed by atoms with Crippen LogP contribution in [0, 0.1) is 22.9 Å². The lowest BCUT2D eigenvalue weighted by atomic mass is 10.1. The summed E-state index contributed by atoms with van der Waals surface area (Å²) >= 11 is 0. The van der Waals surface area contributed by atoms with Gasteiger partial charge in [0.2, 0.25) is 0 Å². The largest absolute Gasteiger partial charge is 0.451 e. The number of nitrogens with zero attached hydrogens (tertiary/aromatic N) is 1. The smallest absolute Gasteiger partial charge is 0.291 e. The molecule has 3 aromatic rings. The Morgan fingerprint density at radius 1 is 1.26 bits per heavy atom. The zero-order valence-corrected chi connectivity index (χ0v) is 12.0. The van der Waals surface area contributed by atoms with Gasteiger partial charge in [0, 0.05) is 23.1 Å². The summed E-state index contributed by atoms with van der Waals surface area (Å²) in [6.07, 6.45) is 0. The van der Waals surface area contributed by atoms with Crippen LogP contribution in [0.5, 0.6) is 0 Å². The van der Waals surface area contributed by atoms with Crippen LogP contribution in [-0.4, -0.2) is 10.8 Å². The van der Waals surface area contributed by atoms with Crippen molar-refractivity contribution in [2.75, 3.05) is 5.32 Å². The van der Waals surface area contributed by atoms with Crippen LogP contribution >= 0.6 is 0 Å². The molecule has 1 N–H and O–H groups in total. The van der Waals surface area contributed by atoms with E-state index in [-0.39, 0.29) is 17.1 Å². The van der Waals surface area contributed by atoms with Gasteiger partial charge >= 0.3 is 0 Å². The number of fused-ring (bicyclic) bond motifs is 1. The Morgan fingerprint density at radius 3 is 2.70 bits per heavy atom. The maximum atomic E-state index is 13.7. The van der Waals surface area contributed by atoms with Crippen molar-refractivity contribution in [2.45, 2.75) is 6.92 Å². The Labute approximate surface area is 129 Å². The first-order valence-electron chi connectivity index (χ1n) is 6.71. The van der Waals surface area contributed by atoms with Crippen molar-refractivity contribution < 1.29 is 18.5 Å². The van der Waals surface area contributed by atoms with Crippen molar-refractivity contribution >= 4 is 28.3 Å². The van der Waals surface area contributed by atoms with Gasteiger partial charge in [-0.25, -0.2) is 4.39 Å². The molecule has 3 rings (SSSR count). The number of hydrogen-bond donors (Lipinski definition) is 1. The molecule has 1 aromatic heterocycles. The number of hydrogen-bond acceptors (Lipinski definition) is 4. The van der Waals surface area contributed by atoms with E-state index in [0.29, 0.717) is 11.1 Å². The molecule has 0 bridgehead atoms. The SMILES string of the molecule is Cc1c(C(=O)Nc2cc([N+](=O)[O-])ccc2F)oc2ccccc12. The quantitative estimate of drug-likeness (QED) is 0.584. The Bertz CT molecular complexity index is 933. The van der Waals surface area contributed by atoms with Gasteiger partial charge in [0.1, 0.15) is 11.4 Å². The summed E-state index contributed by atoms with van der Waals surface area (Å²) < 4.78 is 19.2. The van der Waals surface area contributed by atoms with Crippen molar-refractivity contribution in [3.8, 4) is 0 Å². The number of rotatable bonds is 3. The number of amides is 1. The van der Waals surface area contributed by atoms with Crippen LogP contribution < -0.4 is 5.32 Å². The molecular weight excluding hydrogens is 303 g/mol. The number of furan rings is 1. The van der Waals surface area contributed by atoms with E-state index in [0.717, 1.165) is 23.6 Å². The molecule has 7 heteroatoms. The van der Waals surface area contributed by atoms with Crippen LogP contribution in [0.3, 0.4) is 0 Å². The van der Waals surface area contributed by atoms with E-state index in [1.54, 1.807) is 25.1 Å². The highest BCUT2D eigenvalue weighted by Gasteiger charge is 2.20. The second-order valence-corrected chi connectivity index (χ2v) is 4.93. The molecule has 23 heavy (non-hydrogen) atoms. The van der Waals surface area contributed by atoms with Gasteiger partial charge in [-0.15, -0.1) is 0 Å². The van der Waals surface area contributed by atoms with Gasteiger partial charge < -0.3 is 9.73 Å². The minimum absolute atomic E-state index is 0.0390. The molecule has 0 atom stereocenters. The minimum Gasteiger partial charge on any atom is -0.451 e. The first-order valence-corrected chi connectivity index (χ1v) is 6.71.